The standard InChI is InChI=1S/C21H22ClNO6/c1-29-21-16(3-2-4-17(21)22)14-7-5-13(6-8-14)11-15(12-20(27)28)23-18(24)9-10-19(25)26/h2-8,15H,9-12H2,1H3,(H,23,24)(H,25,26)(H,27,28)/t15-/m1/s1. The Hall–Kier alpha value is -3.06. The van der Waals surface area contributed by atoms with Crippen molar-refractivity contribution in [2.75, 3.05) is 7.11 Å². The van der Waals surface area contributed by atoms with Gasteiger partial charge in [0, 0.05) is 18.0 Å². The van der Waals surface area contributed by atoms with E-state index in [0.717, 1.165) is 16.7 Å². The van der Waals surface area contributed by atoms with Crippen LogP contribution in [0.5, 0.6) is 5.75 Å². The molecule has 0 saturated heterocycles. The number of carbonyl (C=O) groups is 3. The van der Waals surface area contributed by atoms with E-state index in [2.05, 4.69) is 5.32 Å². The van der Waals surface area contributed by atoms with Crippen molar-refractivity contribution in [2.45, 2.75) is 31.7 Å². The Morgan fingerprint density at radius 1 is 1.03 bits per heavy atom. The number of hydrogen-bond donors (Lipinski definition) is 3. The number of amides is 1. The molecule has 7 nitrogen and oxygen atoms in total. The second-order valence-corrected chi connectivity index (χ2v) is 6.88. The van der Waals surface area contributed by atoms with Gasteiger partial charge in [-0.2, -0.15) is 0 Å². The van der Waals surface area contributed by atoms with Crippen LogP contribution in [0.15, 0.2) is 42.5 Å². The molecule has 0 spiro atoms. The quantitative estimate of drug-likeness (QED) is 0.544. The molecule has 0 bridgehead atoms. The SMILES string of the molecule is COc1c(Cl)cccc1-c1ccc(C[C@H](CC(=O)O)NC(=O)CCC(=O)O)cc1. The molecule has 1 atom stereocenters. The van der Waals surface area contributed by atoms with Gasteiger partial charge >= 0.3 is 11.9 Å². The first-order chi connectivity index (χ1) is 13.8. The molecule has 0 aliphatic heterocycles. The second kappa shape index (κ2) is 10.5. The number of hydrogen-bond acceptors (Lipinski definition) is 4. The van der Waals surface area contributed by atoms with E-state index in [0.29, 0.717) is 17.2 Å². The van der Waals surface area contributed by atoms with Crippen molar-refractivity contribution >= 4 is 29.4 Å². The van der Waals surface area contributed by atoms with E-state index in [1.165, 1.54) is 0 Å². The summed E-state index contributed by atoms with van der Waals surface area (Å²) in [6.45, 7) is 0. The lowest BCUT2D eigenvalue weighted by Gasteiger charge is -2.17. The average Bonchev–Trinajstić information content (AvgIpc) is 2.66. The maximum atomic E-state index is 11.9. The molecule has 0 aliphatic carbocycles. The molecular formula is C21H22ClNO6. The first-order valence-electron chi connectivity index (χ1n) is 8.95. The fourth-order valence-corrected chi connectivity index (χ4v) is 3.21. The summed E-state index contributed by atoms with van der Waals surface area (Å²) in [6, 6.07) is 12.2. The number of ether oxygens (including phenoxy) is 1. The molecule has 0 aromatic heterocycles. The van der Waals surface area contributed by atoms with Crippen LogP contribution in [0.1, 0.15) is 24.8 Å². The van der Waals surface area contributed by atoms with Crippen LogP contribution >= 0.6 is 11.6 Å². The van der Waals surface area contributed by atoms with Crippen LogP contribution in [0, 0.1) is 0 Å². The topological polar surface area (TPSA) is 113 Å². The van der Waals surface area contributed by atoms with Crippen molar-refractivity contribution in [2.24, 2.45) is 0 Å². The molecule has 2 aromatic carbocycles. The van der Waals surface area contributed by atoms with Crippen LogP contribution < -0.4 is 10.1 Å². The number of carboxylic acids is 2. The number of aliphatic carboxylic acids is 2. The molecule has 1 amide bonds. The lowest BCUT2D eigenvalue weighted by atomic mass is 9.98. The Kier molecular flexibility index (Phi) is 8.03. The predicted octanol–water partition coefficient (Wildman–Crippen LogP) is 3.38. The van der Waals surface area contributed by atoms with Gasteiger partial charge in [0.15, 0.2) is 0 Å². The minimum atomic E-state index is -1.08. The number of carbonyl (C=O) groups excluding carboxylic acids is 1. The minimum Gasteiger partial charge on any atom is -0.495 e. The maximum Gasteiger partial charge on any atom is 0.305 e. The van der Waals surface area contributed by atoms with E-state index in [1.807, 2.05) is 36.4 Å². The Balaban J connectivity index is 2.12. The molecule has 2 aromatic rings. The molecule has 0 saturated carbocycles. The summed E-state index contributed by atoms with van der Waals surface area (Å²) in [4.78, 5) is 33.6. The number of para-hydroxylation sites is 1. The Labute approximate surface area is 173 Å². The average molecular weight is 420 g/mol. The molecule has 0 aliphatic rings. The van der Waals surface area contributed by atoms with Gasteiger partial charge in [-0.3, -0.25) is 14.4 Å². The number of methoxy groups -OCH3 is 1. The largest absolute Gasteiger partial charge is 0.495 e. The fraction of sp³-hybridized carbons (Fsp3) is 0.286. The highest BCUT2D eigenvalue weighted by Gasteiger charge is 2.18. The molecule has 0 heterocycles. The zero-order valence-electron chi connectivity index (χ0n) is 15.9. The molecule has 29 heavy (non-hydrogen) atoms. The summed E-state index contributed by atoms with van der Waals surface area (Å²) < 4.78 is 5.37. The van der Waals surface area contributed by atoms with Crippen molar-refractivity contribution in [1.82, 2.24) is 5.32 Å². The summed E-state index contributed by atoms with van der Waals surface area (Å²) in [6.07, 6.45) is -0.457. The lowest BCUT2D eigenvalue weighted by molar-refractivity contribution is -0.140. The molecule has 2 rings (SSSR count). The predicted molar refractivity (Wildman–Crippen MR) is 108 cm³/mol. The second-order valence-electron chi connectivity index (χ2n) is 6.48. The van der Waals surface area contributed by atoms with Crippen molar-refractivity contribution < 1.29 is 29.3 Å². The fourth-order valence-electron chi connectivity index (χ4n) is 2.95. The van der Waals surface area contributed by atoms with Gasteiger partial charge in [-0.25, -0.2) is 0 Å². The van der Waals surface area contributed by atoms with Gasteiger partial charge in [-0.1, -0.05) is 48.0 Å². The van der Waals surface area contributed by atoms with Gasteiger partial charge in [0.2, 0.25) is 5.91 Å². The van der Waals surface area contributed by atoms with Crippen LogP contribution in [-0.2, 0) is 20.8 Å². The number of nitrogens with one attached hydrogen (secondary N) is 1. The molecule has 154 valence electrons. The number of carboxylic acid groups (broad SMARTS) is 2. The number of rotatable bonds is 10. The Morgan fingerprint density at radius 3 is 2.31 bits per heavy atom. The van der Waals surface area contributed by atoms with Crippen LogP contribution in [0.3, 0.4) is 0 Å². The van der Waals surface area contributed by atoms with Crippen LogP contribution in [0.25, 0.3) is 11.1 Å². The molecule has 0 fully saturated rings. The van der Waals surface area contributed by atoms with Gasteiger partial charge in [0.05, 0.1) is 25.0 Å². The minimum absolute atomic E-state index is 0.195. The molecule has 0 unspecified atom stereocenters. The number of halogens is 1. The van der Waals surface area contributed by atoms with Gasteiger partial charge in [0.25, 0.3) is 0 Å². The molecule has 3 N–H and O–H groups in total. The van der Waals surface area contributed by atoms with Crippen molar-refractivity contribution in [3.63, 3.8) is 0 Å². The maximum absolute atomic E-state index is 11.9. The van der Waals surface area contributed by atoms with Gasteiger partial charge < -0.3 is 20.3 Å². The smallest absolute Gasteiger partial charge is 0.305 e. The van der Waals surface area contributed by atoms with Crippen LogP contribution in [0.4, 0.5) is 0 Å². The Morgan fingerprint density at radius 2 is 1.72 bits per heavy atom. The summed E-state index contributed by atoms with van der Waals surface area (Å²) in [7, 11) is 1.54. The van der Waals surface area contributed by atoms with Gasteiger partial charge in [-0.15, -0.1) is 0 Å². The Bertz CT molecular complexity index is 881. The normalized spacial score (nSPS) is 11.5. The van der Waals surface area contributed by atoms with E-state index < -0.39 is 23.9 Å². The third kappa shape index (κ3) is 6.80. The van der Waals surface area contributed by atoms with Crippen molar-refractivity contribution in [3.05, 3.63) is 53.1 Å². The summed E-state index contributed by atoms with van der Waals surface area (Å²) >= 11 is 6.16. The monoisotopic (exact) mass is 419 g/mol. The van der Waals surface area contributed by atoms with Gasteiger partial charge in [0.1, 0.15) is 5.75 Å². The zero-order chi connectivity index (χ0) is 21.4. The van der Waals surface area contributed by atoms with E-state index in [4.69, 9.17) is 26.6 Å². The first-order valence-corrected chi connectivity index (χ1v) is 9.32. The molecule has 8 heteroatoms. The van der Waals surface area contributed by atoms with E-state index in [1.54, 1.807) is 13.2 Å². The van der Waals surface area contributed by atoms with E-state index in [9.17, 15) is 14.4 Å². The van der Waals surface area contributed by atoms with Crippen molar-refractivity contribution in [3.8, 4) is 16.9 Å². The van der Waals surface area contributed by atoms with E-state index >= 15 is 0 Å². The summed E-state index contributed by atoms with van der Waals surface area (Å²) in [5.74, 6) is -2.05. The molecule has 0 radical (unpaired) electrons. The third-order valence-electron chi connectivity index (χ3n) is 4.27. The highest BCUT2D eigenvalue weighted by molar-refractivity contribution is 6.32. The lowest BCUT2D eigenvalue weighted by Crippen LogP contribution is -2.38. The summed E-state index contributed by atoms with van der Waals surface area (Å²) in [5.41, 5.74) is 2.54. The van der Waals surface area contributed by atoms with Crippen molar-refractivity contribution in [1.29, 1.82) is 0 Å². The van der Waals surface area contributed by atoms with Crippen LogP contribution in [0.2, 0.25) is 5.02 Å². The summed E-state index contributed by atoms with van der Waals surface area (Å²) in [5, 5.41) is 20.9. The highest BCUT2D eigenvalue weighted by Crippen LogP contribution is 2.35. The van der Waals surface area contributed by atoms with E-state index in [-0.39, 0.29) is 19.3 Å². The first kappa shape index (κ1) is 22.2. The molecular weight excluding hydrogens is 398 g/mol. The highest BCUT2D eigenvalue weighted by atomic mass is 35.5. The van der Waals surface area contributed by atoms with Gasteiger partial charge in [-0.05, 0) is 23.6 Å². The zero-order valence-corrected chi connectivity index (χ0v) is 16.6. The van der Waals surface area contributed by atoms with Crippen LogP contribution in [-0.4, -0.2) is 41.2 Å². The number of benzene rings is 2. The third-order valence-corrected chi connectivity index (χ3v) is 4.57.